The van der Waals surface area contributed by atoms with Crippen LogP contribution in [0, 0.1) is 0 Å². The normalized spacial score (nSPS) is 17.6. The number of hydrogen-bond donors (Lipinski definition) is 1. The number of anilines is 1. The number of amides is 1. The van der Waals surface area contributed by atoms with Crippen molar-refractivity contribution in [2.75, 3.05) is 11.1 Å². The number of carbonyl (C=O) groups excluding carboxylic acids is 1. The Morgan fingerprint density at radius 2 is 1.96 bits per heavy atom. The van der Waals surface area contributed by atoms with Crippen molar-refractivity contribution in [3.8, 4) is 0 Å². The maximum absolute atomic E-state index is 12.6. The average Bonchev–Trinajstić information content (AvgIpc) is 2.92. The average molecular weight is 368 g/mol. The van der Waals surface area contributed by atoms with Crippen LogP contribution < -0.4 is 5.32 Å². The van der Waals surface area contributed by atoms with Gasteiger partial charge in [0.25, 0.3) is 0 Å². The summed E-state index contributed by atoms with van der Waals surface area (Å²) in [7, 11) is -1.31. The van der Waals surface area contributed by atoms with Gasteiger partial charge >= 0.3 is 0 Å². The van der Waals surface area contributed by atoms with Crippen LogP contribution in [0.25, 0.3) is 0 Å². The van der Waals surface area contributed by atoms with E-state index in [1.807, 2.05) is 24.3 Å². The van der Waals surface area contributed by atoms with Gasteiger partial charge in [-0.1, -0.05) is 41.4 Å². The summed E-state index contributed by atoms with van der Waals surface area (Å²) in [6.45, 7) is 0. The number of rotatable bonds is 4. The van der Waals surface area contributed by atoms with E-state index < -0.39 is 10.8 Å². The summed E-state index contributed by atoms with van der Waals surface area (Å²) in [4.78, 5) is 12.1. The molecule has 3 nitrogen and oxygen atoms in total. The molecule has 0 aromatic heterocycles. The third kappa shape index (κ3) is 3.77. The number of carbonyl (C=O) groups is 1. The number of para-hydroxylation sites is 1. The van der Waals surface area contributed by atoms with Crippen molar-refractivity contribution in [2.24, 2.45) is 0 Å². The zero-order chi connectivity index (χ0) is 16.4. The van der Waals surface area contributed by atoms with E-state index in [0.717, 1.165) is 24.0 Å². The first-order valence-electron chi connectivity index (χ1n) is 7.24. The highest BCUT2D eigenvalue weighted by atomic mass is 35.5. The molecule has 1 N–H and O–H groups in total. The minimum absolute atomic E-state index is 0.0386. The van der Waals surface area contributed by atoms with Gasteiger partial charge in [0.15, 0.2) is 0 Å². The van der Waals surface area contributed by atoms with Crippen molar-refractivity contribution in [1.29, 1.82) is 0 Å². The summed E-state index contributed by atoms with van der Waals surface area (Å²) < 4.78 is 12.6. The van der Waals surface area contributed by atoms with E-state index >= 15 is 0 Å². The first kappa shape index (κ1) is 16.5. The predicted molar refractivity (Wildman–Crippen MR) is 95.6 cm³/mol. The molecule has 0 bridgehead atoms. The molecular weight excluding hydrogens is 353 g/mol. The molecule has 0 radical (unpaired) electrons. The van der Waals surface area contributed by atoms with Gasteiger partial charge in [-0.25, -0.2) is 0 Å². The minimum atomic E-state index is -1.31. The molecule has 0 spiro atoms. The van der Waals surface area contributed by atoms with Crippen LogP contribution >= 0.6 is 23.2 Å². The fraction of sp³-hybridized carbons (Fsp3) is 0.235. The van der Waals surface area contributed by atoms with Gasteiger partial charge in [-0.15, -0.1) is 0 Å². The summed E-state index contributed by atoms with van der Waals surface area (Å²) in [5.41, 5.74) is 2.61. The Kier molecular flexibility index (Phi) is 5.05. The van der Waals surface area contributed by atoms with E-state index in [9.17, 15) is 9.00 Å². The molecule has 0 saturated heterocycles. The van der Waals surface area contributed by atoms with Crippen molar-refractivity contribution in [1.82, 2.24) is 0 Å². The maximum Gasteiger partial charge on any atom is 0.237 e. The van der Waals surface area contributed by atoms with Gasteiger partial charge < -0.3 is 5.32 Å². The highest BCUT2D eigenvalue weighted by molar-refractivity contribution is 7.86. The molecule has 0 heterocycles. The molecule has 0 aliphatic heterocycles. The predicted octanol–water partition coefficient (Wildman–Crippen LogP) is 4.37. The lowest BCUT2D eigenvalue weighted by atomic mass is 10.1. The molecule has 6 heteroatoms. The van der Waals surface area contributed by atoms with Gasteiger partial charge in [0.05, 0.1) is 5.25 Å². The second-order valence-corrected chi connectivity index (χ2v) is 7.88. The highest BCUT2D eigenvalue weighted by Gasteiger charge is 2.30. The van der Waals surface area contributed by atoms with Gasteiger partial charge in [-0.2, -0.15) is 0 Å². The second kappa shape index (κ2) is 7.04. The van der Waals surface area contributed by atoms with Crippen LogP contribution in [0.2, 0.25) is 10.0 Å². The zero-order valence-corrected chi connectivity index (χ0v) is 14.5. The number of nitrogens with one attached hydrogen (secondary N) is 1. The topological polar surface area (TPSA) is 46.2 Å². The Morgan fingerprint density at radius 1 is 1.22 bits per heavy atom. The largest absolute Gasteiger partial charge is 0.325 e. The summed E-state index contributed by atoms with van der Waals surface area (Å²) >= 11 is 12.2. The van der Waals surface area contributed by atoms with E-state index in [2.05, 4.69) is 5.32 Å². The first-order valence-corrected chi connectivity index (χ1v) is 9.38. The van der Waals surface area contributed by atoms with Crippen molar-refractivity contribution in [3.05, 3.63) is 63.6 Å². The molecule has 2 aromatic carbocycles. The SMILES string of the molecule is O=C(C[S@@](=O)[C@@H]1CCc2c(Cl)cc(Cl)cc21)Nc1ccccc1. The standard InChI is InChI=1S/C17H15Cl2NO2S/c18-11-8-14-13(15(19)9-11)6-7-16(14)23(22)10-17(21)20-12-4-2-1-3-5-12/h1-5,8-9,16H,6-7,10H2,(H,20,21)/t16-,23-/m1/s1. The van der Waals surface area contributed by atoms with E-state index in [1.54, 1.807) is 18.2 Å². The van der Waals surface area contributed by atoms with Crippen molar-refractivity contribution < 1.29 is 9.00 Å². The van der Waals surface area contributed by atoms with Crippen LogP contribution in [0.4, 0.5) is 5.69 Å². The fourth-order valence-electron chi connectivity index (χ4n) is 2.83. The Morgan fingerprint density at radius 3 is 2.70 bits per heavy atom. The van der Waals surface area contributed by atoms with Gasteiger partial charge in [-0.3, -0.25) is 9.00 Å². The lowest BCUT2D eigenvalue weighted by Gasteiger charge is -2.12. The fourth-order valence-corrected chi connectivity index (χ4v) is 4.84. The number of benzene rings is 2. The third-order valence-corrected chi connectivity index (χ3v) is 6.07. The Hall–Kier alpha value is -1.36. The summed E-state index contributed by atoms with van der Waals surface area (Å²) in [6, 6.07) is 12.7. The molecule has 1 aliphatic carbocycles. The molecule has 0 fully saturated rings. The van der Waals surface area contributed by atoms with E-state index in [4.69, 9.17) is 23.2 Å². The van der Waals surface area contributed by atoms with Gasteiger partial charge in [-0.05, 0) is 48.2 Å². The Labute approximate surface area is 147 Å². The molecule has 1 aliphatic rings. The van der Waals surface area contributed by atoms with Gasteiger partial charge in [0, 0.05) is 26.5 Å². The van der Waals surface area contributed by atoms with Crippen molar-refractivity contribution in [3.63, 3.8) is 0 Å². The maximum atomic E-state index is 12.6. The first-order chi connectivity index (χ1) is 11.0. The smallest absolute Gasteiger partial charge is 0.237 e. The highest BCUT2D eigenvalue weighted by Crippen LogP contribution is 2.41. The van der Waals surface area contributed by atoms with Crippen LogP contribution in [-0.4, -0.2) is 15.9 Å². The lowest BCUT2D eigenvalue weighted by Crippen LogP contribution is -2.22. The van der Waals surface area contributed by atoms with Crippen LogP contribution in [0.3, 0.4) is 0 Å². The molecule has 2 aromatic rings. The van der Waals surface area contributed by atoms with Crippen LogP contribution in [0.5, 0.6) is 0 Å². The second-order valence-electron chi connectivity index (χ2n) is 5.42. The van der Waals surface area contributed by atoms with E-state index in [1.165, 1.54) is 0 Å². The molecular formula is C17H15Cl2NO2S. The van der Waals surface area contributed by atoms with E-state index in [-0.39, 0.29) is 16.9 Å². The zero-order valence-electron chi connectivity index (χ0n) is 12.2. The van der Waals surface area contributed by atoms with E-state index in [0.29, 0.717) is 15.7 Å². The van der Waals surface area contributed by atoms with Crippen molar-refractivity contribution >= 4 is 45.6 Å². The quantitative estimate of drug-likeness (QED) is 0.871. The van der Waals surface area contributed by atoms with Crippen molar-refractivity contribution in [2.45, 2.75) is 18.1 Å². The van der Waals surface area contributed by atoms with Gasteiger partial charge in [0.2, 0.25) is 5.91 Å². The Bertz CT molecular complexity index is 765. The molecule has 23 heavy (non-hydrogen) atoms. The Balaban J connectivity index is 1.70. The number of halogens is 2. The molecule has 0 saturated carbocycles. The molecule has 1 amide bonds. The molecule has 3 rings (SSSR count). The van der Waals surface area contributed by atoms with Gasteiger partial charge in [0.1, 0.15) is 5.75 Å². The summed E-state index contributed by atoms with van der Waals surface area (Å²) in [5.74, 6) is -0.292. The molecule has 0 unspecified atom stereocenters. The van der Waals surface area contributed by atoms with Crippen LogP contribution in [0.15, 0.2) is 42.5 Å². The van der Waals surface area contributed by atoms with Crippen LogP contribution in [0.1, 0.15) is 22.8 Å². The van der Waals surface area contributed by atoms with Crippen LogP contribution in [-0.2, 0) is 22.0 Å². The summed E-state index contributed by atoms with van der Waals surface area (Å²) in [6.07, 6.45) is 1.49. The monoisotopic (exact) mass is 367 g/mol. The lowest BCUT2D eigenvalue weighted by molar-refractivity contribution is -0.113. The minimum Gasteiger partial charge on any atom is -0.325 e. The third-order valence-electron chi connectivity index (χ3n) is 3.85. The number of fused-ring (bicyclic) bond motifs is 1. The summed E-state index contributed by atoms with van der Waals surface area (Å²) in [5, 5.41) is 3.71. The molecule has 2 atom stereocenters. The number of hydrogen-bond acceptors (Lipinski definition) is 2. The molecule has 120 valence electrons.